The molecular weight excluding hydrogens is 292 g/mol. The summed E-state index contributed by atoms with van der Waals surface area (Å²) in [6.45, 7) is 0. The van der Waals surface area contributed by atoms with Gasteiger partial charge in [0.1, 0.15) is 12.0 Å². The van der Waals surface area contributed by atoms with Gasteiger partial charge in [-0.2, -0.15) is 0 Å². The molecule has 2 nitrogen and oxygen atoms in total. The van der Waals surface area contributed by atoms with E-state index < -0.39 is 0 Å². The van der Waals surface area contributed by atoms with Gasteiger partial charge < -0.3 is 5.11 Å². The van der Waals surface area contributed by atoms with Crippen LogP contribution in [0.1, 0.15) is 21.5 Å². The molecule has 0 aliphatic carbocycles. The Morgan fingerprint density at radius 2 is 1.89 bits per heavy atom. The van der Waals surface area contributed by atoms with Crippen LogP contribution in [0.2, 0.25) is 0 Å². The summed E-state index contributed by atoms with van der Waals surface area (Å²) >= 11 is 3.39. The number of hydrogen-bond donors (Lipinski definition) is 1. The molecule has 0 spiro atoms. The molecule has 0 radical (unpaired) electrons. The number of carbonyl (C=O) groups excluding carboxylic acids is 1. The van der Waals surface area contributed by atoms with Crippen LogP contribution in [-0.2, 0) is 12.8 Å². The van der Waals surface area contributed by atoms with Crippen molar-refractivity contribution < 1.29 is 9.90 Å². The summed E-state index contributed by atoms with van der Waals surface area (Å²) in [6.07, 6.45) is 2.38. The number of phenols is 1. The zero-order valence-corrected chi connectivity index (χ0v) is 11.4. The van der Waals surface area contributed by atoms with Crippen LogP contribution in [0.4, 0.5) is 0 Å². The van der Waals surface area contributed by atoms with Crippen molar-refractivity contribution in [3.63, 3.8) is 0 Å². The van der Waals surface area contributed by atoms with Crippen molar-refractivity contribution in [2.45, 2.75) is 12.8 Å². The second-order valence-corrected chi connectivity index (χ2v) is 5.06. The number of phenolic OH excluding ortho intramolecular Hbond substituents is 1. The fraction of sp³-hybridized carbons (Fsp3) is 0.133. The molecule has 0 atom stereocenters. The molecule has 0 amide bonds. The van der Waals surface area contributed by atoms with Gasteiger partial charge in [0.2, 0.25) is 0 Å². The van der Waals surface area contributed by atoms with Crippen LogP contribution in [0.3, 0.4) is 0 Å². The van der Waals surface area contributed by atoms with E-state index in [1.54, 1.807) is 12.1 Å². The first-order valence-corrected chi connectivity index (χ1v) is 6.50. The molecule has 0 aliphatic rings. The molecule has 0 saturated carbocycles. The lowest BCUT2D eigenvalue weighted by molar-refractivity contribution is 0.112. The molecule has 3 heteroatoms. The molecule has 2 aromatic rings. The number of para-hydroxylation sites is 1. The van der Waals surface area contributed by atoms with Crippen molar-refractivity contribution in [1.82, 2.24) is 0 Å². The highest BCUT2D eigenvalue weighted by Crippen LogP contribution is 2.20. The van der Waals surface area contributed by atoms with E-state index in [2.05, 4.69) is 15.9 Å². The van der Waals surface area contributed by atoms with Gasteiger partial charge in [0, 0.05) is 10.0 Å². The molecule has 0 bridgehead atoms. The van der Waals surface area contributed by atoms with Gasteiger partial charge in [0.05, 0.1) is 0 Å². The number of aryl methyl sites for hydroxylation is 2. The third-order valence-electron chi connectivity index (χ3n) is 2.79. The molecule has 0 saturated heterocycles. The van der Waals surface area contributed by atoms with Crippen LogP contribution >= 0.6 is 15.9 Å². The normalized spacial score (nSPS) is 10.3. The lowest BCUT2D eigenvalue weighted by atomic mass is 10.0. The Morgan fingerprint density at radius 3 is 2.61 bits per heavy atom. The molecule has 2 aromatic carbocycles. The van der Waals surface area contributed by atoms with Crippen LogP contribution in [0.5, 0.6) is 5.75 Å². The highest BCUT2D eigenvalue weighted by Gasteiger charge is 2.03. The van der Waals surface area contributed by atoms with Crippen LogP contribution < -0.4 is 0 Å². The Hall–Kier alpha value is -1.61. The van der Waals surface area contributed by atoms with Crippen LogP contribution in [0, 0.1) is 0 Å². The molecule has 0 fully saturated rings. The molecule has 0 heterocycles. The molecule has 18 heavy (non-hydrogen) atoms. The fourth-order valence-corrected chi connectivity index (χ4v) is 2.45. The van der Waals surface area contributed by atoms with Crippen LogP contribution in [0.15, 0.2) is 46.9 Å². The maximum absolute atomic E-state index is 10.8. The summed E-state index contributed by atoms with van der Waals surface area (Å²) in [6, 6.07) is 13.0. The highest BCUT2D eigenvalue weighted by molar-refractivity contribution is 9.10. The van der Waals surface area contributed by atoms with Crippen molar-refractivity contribution in [1.29, 1.82) is 0 Å². The Kier molecular flexibility index (Phi) is 4.15. The van der Waals surface area contributed by atoms with E-state index >= 15 is 0 Å². The van der Waals surface area contributed by atoms with Gasteiger partial charge in [-0.1, -0.05) is 34.1 Å². The summed E-state index contributed by atoms with van der Waals surface area (Å²) in [4.78, 5) is 10.8. The maximum atomic E-state index is 10.8. The summed E-state index contributed by atoms with van der Waals surface area (Å²) in [5, 5.41) is 9.68. The van der Waals surface area contributed by atoms with Crippen molar-refractivity contribution in [2.75, 3.05) is 0 Å². The van der Waals surface area contributed by atoms with E-state index in [1.807, 2.05) is 30.3 Å². The first kappa shape index (κ1) is 12.8. The third-order valence-corrected chi connectivity index (χ3v) is 3.25. The smallest absolute Gasteiger partial charge is 0.150 e. The minimum atomic E-state index is 0.322. The summed E-state index contributed by atoms with van der Waals surface area (Å²) in [5.41, 5.74) is 2.66. The third kappa shape index (κ3) is 3.20. The summed E-state index contributed by atoms with van der Waals surface area (Å²) in [5.74, 6) is 0.322. The Bertz CT molecular complexity index is 564. The SMILES string of the molecule is O=Cc1cc(Br)cc(CCc2ccccc2O)c1. The predicted octanol–water partition coefficient (Wildman–Crippen LogP) is 3.75. The largest absolute Gasteiger partial charge is 0.508 e. The number of aromatic hydroxyl groups is 1. The Morgan fingerprint density at radius 1 is 1.11 bits per heavy atom. The molecule has 0 aromatic heterocycles. The van der Waals surface area contributed by atoms with Crippen molar-refractivity contribution in [3.05, 3.63) is 63.6 Å². The van der Waals surface area contributed by atoms with Crippen molar-refractivity contribution in [3.8, 4) is 5.75 Å². The molecule has 1 N–H and O–H groups in total. The second-order valence-electron chi connectivity index (χ2n) is 4.14. The van der Waals surface area contributed by atoms with E-state index in [0.717, 1.165) is 34.7 Å². The minimum Gasteiger partial charge on any atom is -0.508 e. The number of halogens is 1. The first-order chi connectivity index (χ1) is 8.69. The monoisotopic (exact) mass is 304 g/mol. The minimum absolute atomic E-state index is 0.322. The van der Waals surface area contributed by atoms with Crippen molar-refractivity contribution >= 4 is 22.2 Å². The summed E-state index contributed by atoms with van der Waals surface area (Å²) in [7, 11) is 0. The lowest BCUT2D eigenvalue weighted by Gasteiger charge is -2.06. The topological polar surface area (TPSA) is 37.3 Å². The fourth-order valence-electron chi connectivity index (χ4n) is 1.89. The number of hydrogen-bond acceptors (Lipinski definition) is 2. The number of aldehydes is 1. The summed E-state index contributed by atoms with van der Waals surface area (Å²) < 4.78 is 0.902. The number of carbonyl (C=O) groups is 1. The van der Waals surface area contributed by atoms with E-state index in [4.69, 9.17) is 0 Å². The van der Waals surface area contributed by atoms with Crippen molar-refractivity contribution in [2.24, 2.45) is 0 Å². The predicted molar refractivity (Wildman–Crippen MR) is 75.0 cm³/mol. The zero-order chi connectivity index (χ0) is 13.0. The maximum Gasteiger partial charge on any atom is 0.150 e. The van der Waals surface area contributed by atoms with Gasteiger partial charge in [-0.3, -0.25) is 4.79 Å². The molecular formula is C15H13BrO2. The van der Waals surface area contributed by atoms with E-state index in [-0.39, 0.29) is 0 Å². The van der Waals surface area contributed by atoms with Gasteiger partial charge in [-0.15, -0.1) is 0 Å². The molecule has 0 aliphatic heterocycles. The Balaban J connectivity index is 2.13. The first-order valence-electron chi connectivity index (χ1n) is 5.70. The van der Waals surface area contributed by atoms with Gasteiger partial charge in [-0.05, 0) is 48.2 Å². The quantitative estimate of drug-likeness (QED) is 0.873. The molecule has 0 unspecified atom stereocenters. The van der Waals surface area contributed by atoms with E-state index in [1.165, 1.54) is 0 Å². The second kappa shape index (κ2) is 5.83. The average molecular weight is 305 g/mol. The molecule has 2 rings (SSSR count). The van der Waals surface area contributed by atoms with Gasteiger partial charge in [0.15, 0.2) is 0 Å². The van der Waals surface area contributed by atoms with Gasteiger partial charge in [-0.25, -0.2) is 0 Å². The molecule has 92 valence electrons. The average Bonchev–Trinajstić information content (AvgIpc) is 2.37. The number of benzene rings is 2. The van der Waals surface area contributed by atoms with Gasteiger partial charge >= 0.3 is 0 Å². The van der Waals surface area contributed by atoms with Gasteiger partial charge in [0.25, 0.3) is 0 Å². The number of rotatable bonds is 4. The lowest BCUT2D eigenvalue weighted by Crippen LogP contribution is -1.93. The Labute approximate surface area is 114 Å². The van der Waals surface area contributed by atoms with E-state index in [9.17, 15) is 9.90 Å². The van der Waals surface area contributed by atoms with E-state index in [0.29, 0.717) is 11.3 Å². The van der Waals surface area contributed by atoms with Crippen LogP contribution in [0.25, 0.3) is 0 Å². The van der Waals surface area contributed by atoms with Crippen LogP contribution in [-0.4, -0.2) is 11.4 Å². The zero-order valence-electron chi connectivity index (χ0n) is 9.77. The standard InChI is InChI=1S/C15H13BrO2/c16-14-8-11(7-12(9-14)10-17)5-6-13-3-1-2-4-15(13)18/h1-4,7-10,18H,5-6H2. The highest BCUT2D eigenvalue weighted by atomic mass is 79.9.